The first-order valence-corrected chi connectivity index (χ1v) is 30.5. The number of benzene rings is 6. The molecule has 0 amide bonds. The Balaban J connectivity index is 0.00000589. The molecule has 81 heavy (non-hydrogen) atoms. The van der Waals surface area contributed by atoms with Crippen LogP contribution in [0.25, 0.3) is 27.6 Å². The van der Waals surface area contributed by atoms with E-state index in [-0.39, 0.29) is 42.7 Å². The predicted octanol–water partition coefficient (Wildman–Crippen LogP) is 18.5. The summed E-state index contributed by atoms with van der Waals surface area (Å²) in [6.45, 7) is 18.3. The number of hydrogen-bond acceptors (Lipinski definition) is 4. The quantitative estimate of drug-likeness (QED) is 0.128. The maximum Gasteiger partial charge on any atom is 0.135 e. The van der Waals surface area contributed by atoms with Gasteiger partial charge < -0.3 is 19.1 Å². The van der Waals surface area contributed by atoms with Crippen LogP contribution in [0.4, 0.5) is 11.4 Å². The maximum atomic E-state index is 7.09. The van der Waals surface area contributed by atoms with E-state index < -0.39 is 0 Å². The van der Waals surface area contributed by atoms with Gasteiger partial charge in [-0.15, -0.1) is 53.6 Å². The van der Waals surface area contributed by atoms with E-state index in [1.807, 2.05) is 6.20 Å². The van der Waals surface area contributed by atoms with Crippen molar-refractivity contribution in [1.82, 2.24) is 9.55 Å². The molecule has 8 aliphatic carbocycles. The molecule has 8 fully saturated rings. The topological polar surface area (TPSA) is 33.5 Å². The van der Waals surface area contributed by atoms with Crippen molar-refractivity contribution in [1.29, 1.82) is 0 Å². The van der Waals surface area contributed by atoms with Gasteiger partial charge in [0.05, 0.1) is 0 Å². The molecular formula is C75H77N4OPt-3. The second-order valence-electron chi connectivity index (χ2n) is 27.8. The molecule has 0 spiro atoms. The van der Waals surface area contributed by atoms with Gasteiger partial charge in [-0.3, -0.25) is 0 Å². The first-order valence-electron chi connectivity index (χ1n) is 30.5. The molecule has 8 bridgehead atoms. The van der Waals surface area contributed by atoms with Gasteiger partial charge >= 0.3 is 0 Å². The molecule has 6 heteroatoms. The van der Waals surface area contributed by atoms with Crippen LogP contribution in [-0.2, 0) is 42.7 Å². The van der Waals surface area contributed by atoms with Crippen LogP contribution in [0.5, 0.6) is 11.5 Å². The summed E-state index contributed by atoms with van der Waals surface area (Å²) in [6, 6.07) is 61.0. The Morgan fingerprint density at radius 2 is 1.12 bits per heavy atom. The zero-order chi connectivity index (χ0) is 54.3. The number of aromatic nitrogens is 2. The van der Waals surface area contributed by atoms with Crippen LogP contribution in [0.15, 0.2) is 170 Å². The summed E-state index contributed by atoms with van der Waals surface area (Å²) in [4.78, 5) is 9.99. The summed E-state index contributed by atoms with van der Waals surface area (Å²) >= 11 is 0. The average Bonchev–Trinajstić information content (AvgIpc) is 4.24. The minimum Gasteiger partial charge on any atom is -0.509 e. The number of rotatable bonds is 10. The molecular weight excluding hydrogens is 1170 g/mol. The van der Waals surface area contributed by atoms with Crippen molar-refractivity contribution >= 4 is 33.2 Å². The number of ether oxygens (including phenoxy) is 1. The minimum absolute atomic E-state index is 0. The maximum absolute atomic E-state index is 7.09. The van der Waals surface area contributed by atoms with Gasteiger partial charge in [0.15, 0.2) is 0 Å². The standard InChI is InChI=1S/C75H77N4O.Pt/c1-8-18-60-46-77(47-78(60)61-41-55(73(5,6)7)42-63(44-61)80-62-27-28-65-64-23-15-16-26-68(64)79(69(65)45-62)70-43-54(29-30-76-70)72(2,3)4)71-66(74(52-19-11-9-12-20-52)56-33-48-31-49(35-56)36-57(74)34-48)24-17-25-67(71)75(53-21-13-10-14-22-53)58-37-50-32-51(39-58)40-59(75)38-50;/h8-30,41-43,46-51,56-59H,31-40H2,1-7H3;/q-3;/b18-8-;. The normalized spacial score (nSPS) is 28.4. The van der Waals surface area contributed by atoms with E-state index in [0.29, 0.717) is 35.2 Å². The number of para-hydroxylation sites is 2. The van der Waals surface area contributed by atoms with Crippen LogP contribution >= 0.6 is 0 Å². The molecule has 0 N–H and O–H groups in total. The first-order chi connectivity index (χ1) is 38.8. The Bertz CT molecular complexity index is 3600. The summed E-state index contributed by atoms with van der Waals surface area (Å²) < 4.78 is 9.34. The second kappa shape index (κ2) is 19.7. The third kappa shape index (κ3) is 8.41. The molecule has 8 saturated carbocycles. The van der Waals surface area contributed by atoms with Crippen molar-refractivity contribution in [2.24, 2.45) is 47.3 Å². The molecule has 416 valence electrons. The van der Waals surface area contributed by atoms with Crippen LogP contribution in [0, 0.1) is 66.1 Å². The number of nitrogens with zero attached hydrogens (tertiary/aromatic N) is 4. The summed E-state index contributed by atoms with van der Waals surface area (Å²) in [5.41, 5.74) is 13.7. The Labute approximate surface area is 496 Å². The van der Waals surface area contributed by atoms with Crippen molar-refractivity contribution in [3.05, 3.63) is 222 Å². The molecule has 0 atom stereocenters. The van der Waals surface area contributed by atoms with Crippen molar-refractivity contribution in [2.75, 3.05) is 9.80 Å². The van der Waals surface area contributed by atoms with E-state index in [0.717, 1.165) is 62.7 Å². The van der Waals surface area contributed by atoms with E-state index in [9.17, 15) is 0 Å². The fourth-order valence-electron chi connectivity index (χ4n) is 18.4. The van der Waals surface area contributed by atoms with E-state index in [4.69, 9.17) is 9.72 Å². The average molecular weight is 1250 g/mol. The van der Waals surface area contributed by atoms with Gasteiger partial charge in [-0.25, -0.2) is 4.98 Å². The van der Waals surface area contributed by atoms with Gasteiger partial charge in [-0.1, -0.05) is 150 Å². The fourth-order valence-corrected chi connectivity index (χ4v) is 18.4. The van der Waals surface area contributed by atoms with Gasteiger partial charge in [0.2, 0.25) is 0 Å². The van der Waals surface area contributed by atoms with Crippen molar-refractivity contribution in [3.8, 4) is 17.3 Å². The summed E-state index contributed by atoms with van der Waals surface area (Å²) in [5, 5.41) is 2.27. The van der Waals surface area contributed by atoms with Crippen LogP contribution in [0.3, 0.4) is 0 Å². The van der Waals surface area contributed by atoms with E-state index in [2.05, 4.69) is 240 Å². The molecule has 9 aliphatic rings. The Morgan fingerprint density at radius 1 is 0.568 bits per heavy atom. The molecule has 8 aromatic rings. The number of hydrogen-bond donors (Lipinski definition) is 0. The number of anilines is 2. The number of pyridine rings is 1. The van der Waals surface area contributed by atoms with Gasteiger partial charge in [0.1, 0.15) is 5.82 Å². The Hall–Kier alpha value is -6.16. The van der Waals surface area contributed by atoms with E-state index in [1.165, 1.54) is 92.1 Å². The fraction of sp³-hybridized carbons (Fsp3) is 0.387. The Morgan fingerprint density at radius 3 is 1.68 bits per heavy atom. The smallest absolute Gasteiger partial charge is 0.135 e. The molecule has 6 aromatic carbocycles. The largest absolute Gasteiger partial charge is 0.509 e. The van der Waals surface area contributed by atoms with Crippen LogP contribution < -0.4 is 14.5 Å². The molecule has 0 radical (unpaired) electrons. The summed E-state index contributed by atoms with van der Waals surface area (Å²) in [7, 11) is 0. The minimum atomic E-state index is -0.182. The second-order valence-corrected chi connectivity index (χ2v) is 27.8. The van der Waals surface area contributed by atoms with Gasteiger partial charge in [-0.05, 0) is 193 Å². The van der Waals surface area contributed by atoms with Gasteiger partial charge in [-0.2, -0.15) is 6.07 Å². The zero-order valence-corrected chi connectivity index (χ0v) is 50.6. The summed E-state index contributed by atoms with van der Waals surface area (Å²) in [5.74, 6) is 7.91. The molecule has 0 saturated heterocycles. The molecule has 1 aliphatic heterocycles. The van der Waals surface area contributed by atoms with Crippen molar-refractivity contribution < 1.29 is 25.8 Å². The van der Waals surface area contributed by atoms with Gasteiger partial charge in [0, 0.05) is 66.5 Å². The number of fused-ring (bicyclic) bond motifs is 3. The monoisotopic (exact) mass is 1240 g/mol. The van der Waals surface area contributed by atoms with E-state index >= 15 is 0 Å². The van der Waals surface area contributed by atoms with Crippen molar-refractivity contribution in [2.45, 2.75) is 134 Å². The van der Waals surface area contributed by atoms with Gasteiger partial charge in [0.25, 0.3) is 0 Å². The Kier molecular flexibility index (Phi) is 12.9. The molecule has 5 nitrogen and oxygen atoms in total. The first kappa shape index (κ1) is 52.9. The molecule has 0 unspecified atom stereocenters. The third-order valence-corrected chi connectivity index (χ3v) is 21.2. The van der Waals surface area contributed by atoms with Crippen LogP contribution in [0.1, 0.15) is 146 Å². The zero-order valence-electron chi connectivity index (χ0n) is 48.4. The van der Waals surface area contributed by atoms with Crippen LogP contribution in [-0.4, -0.2) is 9.55 Å². The van der Waals surface area contributed by atoms with E-state index in [1.54, 1.807) is 11.1 Å². The number of allylic oxidation sites excluding steroid dienone is 2. The van der Waals surface area contributed by atoms with Crippen LogP contribution in [0.2, 0.25) is 0 Å². The molecule has 17 rings (SSSR count). The summed E-state index contributed by atoms with van der Waals surface area (Å²) in [6.07, 6.45) is 22.3. The third-order valence-electron chi connectivity index (χ3n) is 21.2. The molecule has 2 aromatic heterocycles. The van der Waals surface area contributed by atoms with Crippen molar-refractivity contribution in [3.63, 3.8) is 0 Å². The SMILES string of the molecule is C/C=C\C1=CN(c2c(C3(c4ccccc4)C4CC5CC(C4)CC3C5)cccc2C2(c3ccccc3)C3CC4CC(C3)CC2C4)[CH-]N1c1[c-]c(Oc2[c-]c3c(cc2)c2ccccc2n3-c2cc(C(C)(C)C)ccn2)cc(C(C)(C)C)c1.[Pt]. The predicted molar refractivity (Wildman–Crippen MR) is 327 cm³/mol. The molecule has 3 heterocycles.